The molecular weight excluding hydrogens is 382 g/mol. The summed E-state index contributed by atoms with van der Waals surface area (Å²) in [5.41, 5.74) is 0.0341. The largest absolute Gasteiger partial charge is 0.444 e. The van der Waals surface area contributed by atoms with Crippen LogP contribution < -0.4 is 5.32 Å². The molecule has 1 aromatic heterocycles. The molecule has 0 aromatic carbocycles. The molecule has 0 spiro atoms. The molecule has 1 N–H and O–H groups in total. The van der Waals surface area contributed by atoms with E-state index in [0.29, 0.717) is 36.4 Å². The van der Waals surface area contributed by atoms with E-state index in [1.54, 1.807) is 32.2 Å². The Morgan fingerprint density at radius 3 is 2.46 bits per heavy atom. The molecule has 1 saturated carbocycles. The van der Waals surface area contributed by atoms with Gasteiger partial charge in [0.2, 0.25) is 0 Å². The normalized spacial score (nSPS) is 19.8. The highest BCUT2D eigenvalue weighted by molar-refractivity contribution is 7.10. The molecule has 0 radical (unpaired) electrons. The molecule has 3 rings (SSSR count). The second-order valence-electron chi connectivity index (χ2n) is 8.49. The standard InChI is InChI=1S/C19H27N3O5S/c1-19(2,3)27-18(24)20-14-6-8-21(9-7-14)17(22(25)26)15-10-13(11-28-15)16(23)12-4-5-12/h10-12,14,17H,4-9H2,1-3H3,(H,20,24). The predicted octanol–water partition coefficient (Wildman–Crippen LogP) is 3.61. The molecule has 0 bridgehead atoms. The van der Waals surface area contributed by atoms with Gasteiger partial charge in [-0.05, 0) is 52.5 Å². The fourth-order valence-corrected chi connectivity index (χ4v) is 4.38. The van der Waals surface area contributed by atoms with Crippen molar-refractivity contribution in [3.63, 3.8) is 0 Å². The molecule has 8 nitrogen and oxygen atoms in total. The summed E-state index contributed by atoms with van der Waals surface area (Å²) in [4.78, 5) is 38.0. The van der Waals surface area contributed by atoms with Gasteiger partial charge in [-0.3, -0.25) is 14.9 Å². The third kappa shape index (κ3) is 5.29. The molecule has 2 heterocycles. The van der Waals surface area contributed by atoms with E-state index in [4.69, 9.17) is 4.74 Å². The van der Waals surface area contributed by atoms with Gasteiger partial charge in [-0.1, -0.05) is 0 Å². The fourth-order valence-electron chi connectivity index (χ4n) is 3.38. The first-order valence-electron chi connectivity index (χ1n) is 9.64. The summed E-state index contributed by atoms with van der Waals surface area (Å²) in [5.74, 6) is 0.205. The average molecular weight is 410 g/mol. The monoisotopic (exact) mass is 409 g/mol. The summed E-state index contributed by atoms with van der Waals surface area (Å²) in [7, 11) is 0. The van der Waals surface area contributed by atoms with Gasteiger partial charge in [-0.2, -0.15) is 0 Å². The number of piperidine rings is 1. The molecular formula is C19H27N3O5S. The fraction of sp³-hybridized carbons (Fsp3) is 0.684. The molecule has 154 valence electrons. The lowest BCUT2D eigenvalue weighted by atomic mass is 10.0. The van der Waals surface area contributed by atoms with Gasteiger partial charge in [0.05, 0.1) is 4.88 Å². The lowest BCUT2D eigenvalue weighted by Crippen LogP contribution is -2.47. The number of nitro groups is 1. The highest BCUT2D eigenvalue weighted by Crippen LogP contribution is 2.36. The minimum absolute atomic E-state index is 0.0613. The van der Waals surface area contributed by atoms with Crippen LogP contribution in [0.3, 0.4) is 0 Å². The highest BCUT2D eigenvalue weighted by Gasteiger charge is 2.37. The molecule has 1 amide bonds. The van der Waals surface area contributed by atoms with Crippen LogP contribution in [-0.2, 0) is 4.74 Å². The zero-order chi connectivity index (χ0) is 20.5. The zero-order valence-electron chi connectivity index (χ0n) is 16.5. The number of amides is 1. The van der Waals surface area contributed by atoms with Crippen LogP contribution in [0.25, 0.3) is 0 Å². The summed E-state index contributed by atoms with van der Waals surface area (Å²) in [6.45, 7) is 6.41. The van der Waals surface area contributed by atoms with Crippen LogP contribution in [0, 0.1) is 16.0 Å². The van der Waals surface area contributed by atoms with Crippen LogP contribution in [-0.4, -0.2) is 46.4 Å². The Balaban J connectivity index is 1.58. The topological polar surface area (TPSA) is 102 Å². The summed E-state index contributed by atoms with van der Waals surface area (Å²) in [6.07, 6.45) is 1.65. The minimum atomic E-state index is -0.951. The molecule has 1 aliphatic carbocycles. The zero-order valence-corrected chi connectivity index (χ0v) is 17.3. The Bertz CT molecular complexity index is 745. The second kappa shape index (κ2) is 8.16. The first-order chi connectivity index (χ1) is 13.1. The Morgan fingerprint density at radius 1 is 1.29 bits per heavy atom. The van der Waals surface area contributed by atoms with Crippen molar-refractivity contribution in [1.82, 2.24) is 10.2 Å². The number of ketones is 1. The van der Waals surface area contributed by atoms with Crippen LogP contribution >= 0.6 is 11.3 Å². The number of ether oxygens (including phenoxy) is 1. The number of likely N-dealkylation sites (tertiary alicyclic amines) is 1. The van der Waals surface area contributed by atoms with Gasteiger partial charge in [-0.25, -0.2) is 9.69 Å². The van der Waals surface area contributed by atoms with Gasteiger partial charge in [0, 0.05) is 40.9 Å². The number of thiophene rings is 1. The van der Waals surface area contributed by atoms with E-state index in [1.165, 1.54) is 11.3 Å². The molecule has 1 aliphatic heterocycles. The van der Waals surface area contributed by atoms with Crippen LogP contribution in [0.4, 0.5) is 4.79 Å². The maximum Gasteiger partial charge on any atom is 0.407 e. The van der Waals surface area contributed by atoms with Gasteiger partial charge < -0.3 is 10.1 Å². The van der Waals surface area contributed by atoms with Crippen molar-refractivity contribution in [2.45, 2.75) is 64.3 Å². The molecule has 1 atom stereocenters. The third-order valence-electron chi connectivity index (χ3n) is 4.90. The lowest BCUT2D eigenvalue weighted by molar-refractivity contribution is -0.558. The minimum Gasteiger partial charge on any atom is -0.444 e. The quantitative estimate of drug-likeness (QED) is 0.437. The average Bonchev–Trinajstić information content (AvgIpc) is 3.32. The lowest BCUT2D eigenvalue weighted by Gasteiger charge is -2.33. The Kier molecular flexibility index (Phi) is 6.04. The first kappa shape index (κ1) is 20.7. The van der Waals surface area contributed by atoms with E-state index in [9.17, 15) is 19.7 Å². The maximum atomic E-state index is 12.2. The molecule has 1 saturated heterocycles. The Labute approximate surface area is 168 Å². The summed E-state index contributed by atoms with van der Waals surface area (Å²) in [6, 6.07) is 1.62. The summed E-state index contributed by atoms with van der Waals surface area (Å²) in [5, 5.41) is 16.3. The second-order valence-corrected chi connectivity index (χ2v) is 9.43. The van der Waals surface area contributed by atoms with Crippen molar-refractivity contribution in [1.29, 1.82) is 0 Å². The van der Waals surface area contributed by atoms with E-state index in [2.05, 4.69) is 5.32 Å². The van der Waals surface area contributed by atoms with Crippen LogP contribution in [0.15, 0.2) is 11.4 Å². The van der Waals surface area contributed by atoms with Gasteiger partial charge in [0.25, 0.3) is 0 Å². The summed E-state index contributed by atoms with van der Waals surface area (Å²) >= 11 is 1.28. The van der Waals surface area contributed by atoms with Crippen molar-refractivity contribution >= 4 is 23.2 Å². The summed E-state index contributed by atoms with van der Waals surface area (Å²) < 4.78 is 5.27. The predicted molar refractivity (Wildman–Crippen MR) is 105 cm³/mol. The van der Waals surface area contributed by atoms with Crippen molar-refractivity contribution in [3.8, 4) is 0 Å². The molecule has 2 aliphatic rings. The number of carbonyl (C=O) groups excluding carboxylic acids is 2. The molecule has 1 aromatic rings. The number of carbonyl (C=O) groups is 2. The molecule has 2 fully saturated rings. The van der Waals surface area contributed by atoms with E-state index < -0.39 is 17.9 Å². The number of Topliss-reactive ketones (excluding diaryl/α,β-unsaturated/α-hetero) is 1. The van der Waals surface area contributed by atoms with Crippen LogP contribution in [0.2, 0.25) is 0 Å². The van der Waals surface area contributed by atoms with E-state index >= 15 is 0 Å². The number of nitrogens with zero attached hydrogens (tertiary/aromatic N) is 2. The van der Waals surface area contributed by atoms with Gasteiger partial charge in [0.15, 0.2) is 5.78 Å². The van der Waals surface area contributed by atoms with Crippen LogP contribution in [0.1, 0.15) is 67.9 Å². The van der Waals surface area contributed by atoms with Crippen molar-refractivity contribution in [2.24, 2.45) is 5.92 Å². The SMILES string of the molecule is CC(C)(C)OC(=O)NC1CCN(C(c2cc(C(=O)C3CC3)cs2)[N+](=O)[O-])CC1. The molecule has 1 unspecified atom stereocenters. The van der Waals surface area contributed by atoms with Gasteiger partial charge in [-0.15, -0.1) is 11.3 Å². The number of hydrogen-bond acceptors (Lipinski definition) is 7. The number of alkyl carbamates (subject to hydrolysis) is 1. The highest BCUT2D eigenvalue weighted by atomic mass is 32.1. The Morgan fingerprint density at radius 2 is 1.93 bits per heavy atom. The smallest absolute Gasteiger partial charge is 0.407 e. The van der Waals surface area contributed by atoms with E-state index in [0.717, 1.165) is 12.8 Å². The maximum absolute atomic E-state index is 12.2. The van der Waals surface area contributed by atoms with Crippen molar-refractivity contribution in [2.75, 3.05) is 13.1 Å². The van der Waals surface area contributed by atoms with Gasteiger partial charge >= 0.3 is 12.3 Å². The van der Waals surface area contributed by atoms with Gasteiger partial charge in [0.1, 0.15) is 5.60 Å². The molecule has 9 heteroatoms. The van der Waals surface area contributed by atoms with E-state index in [1.807, 2.05) is 4.90 Å². The van der Waals surface area contributed by atoms with Crippen LogP contribution in [0.5, 0.6) is 0 Å². The van der Waals surface area contributed by atoms with E-state index in [-0.39, 0.29) is 22.7 Å². The number of rotatable bonds is 6. The van der Waals surface area contributed by atoms with Crippen molar-refractivity contribution < 1.29 is 19.2 Å². The third-order valence-corrected chi connectivity index (χ3v) is 5.88. The Hall–Kier alpha value is -2.00. The number of hydrogen-bond donors (Lipinski definition) is 1. The first-order valence-corrected chi connectivity index (χ1v) is 10.5. The number of nitrogens with one attached hydrogen (secondary N) is 1. The van der Waals surface area contributed by atoms with Crippen molar-refractivity contribution in [3.05, 3.63) is 32.0 Å². The molecule has 28 heavy (non-hydrogen) atoms.